The maximum atomic E-state index is 10.7. The lowest BCUT2D eigenvalue weighted by Gasteiger charge is -2.12. The molecule has 0 bridgehead atoms. The summed E-state index contributed by atoms with van der Waals surface area (Å²) in [5, 5.41) is 14.8. The number of hydrogen-bond donors (Lipinski definition) is 2. The van der Waals surface area contributed by atoms with Crippen molar-refractivity contribution in [3.05, 3.63) is 29.8 Å². The van der Waals surface area contributed by atoms with E-state index in [1.807, 2.05) is 24.3 Å². The quantitative estimate of drug-likeness (QED) is 0.735. The fourth-order valence-electron chi connectivity index (χ4n) is 1.51. The SMILES string of the molecule is COc1cccc(C(C#N)NCCNC(C)=O)c1. The molecule has 96 valence electrons. The molecule has 1 amide bonds. The topological polar surface area (TPSA) is 74.2 Å². The molecule has 1 aromatic carbocycles. The number of carbonyl (C=O) groups excluding carboxylic acids is 1. The third-order valence-corrected chi connectivity index (χ3v) is 2.40. The van der Waals surface area contributed by atoms with Crippen LogP contribution in [0.15, 0.2) is 24.3 Å². The van der Waals surface area contributed by atoms with Crippen molar-refractivity contribution in [2.75, 3.05) is 20.2 Å². The van der Waals surface area contributed by atoms with Crippen molar-refractivity contribution in [3.8, 4) is 11.8 Å². The van der Waals surface area contributed by atoms with Gasteiger partial charge in [0.25, 0.3) is 0 Å². The highest BCUT2D eigenvalue weighted by molar-refractivity contribution is 5.72. The molecule has 18 heavy (non-hydrogen) atoms. The Hall–Kier alpha value is -2.06. The first-order chi connectivity index (χ1) is 8.67. The summed E-state index contributed by atoms with van der Waals surface area (Å²) in [4.78, 5) is 10.7. The molecule has 0 heterocycles. The summed E-state index contributed by atoms with van der Waals surface area (Å²) >= 11 is 0. The molecule has 0 aliphatic heterocycles. The summed E-state index contributed by atoms with van der Waals surface area (Å²) in [5.74, 6) is 0.642. The lowest BCUT2D eigenvalue weighted by Crippen LogP contribution is -2.32. The molecule has 1 unspecified atom stereocenters. The van der Waals surface area contributed by atoms with Gasteiger partial charge in [-0.05, 0) is 17.7 Å². The molecule has 1 atom stereocenters. The van der Waals surface area contributed by atoms with Gasteiger partial charge in [0.05, 0.1) is 13.2 Å². The van der Waals surface area contributed by atoms with Crippen LogP contribution in [-0.2, 0) is 4.79 Å². The molecule has 0 saturated carbocycles. The van der Waals surface area contributed by atoms with Crippen LogP contribution < -0.4 is 15.4 Å². The maximum Gasteiger partial charge on any atom is 0.216 e. The van der Waals surface area contributed by atoms with E-state index in [4.69, 9.17) is 10.00 Å². The highest BCUT2D eigenvalue weighted by atomic mass is 16.5. The second kappa shape index (κ2) is 7.30. The third-order valence-electron chi connectivity index (χ3n) is 2.40. The highest BCUT2D eigenvalue weighted by Gasteiger charge is 2.09. The molecule has 5 nitrogen and oxygen atoms in total. The monoisotopic (exact) mass is 247 g/mol. The predicted octanol–water partition coefficient (Wildman–Crippen LogP) is 0.986. The molecule has 0 aliphatic carbocycles. The summed E-state index contributed by atoms with van der Waals surface area (Å²) in [7, 11) is 1.59. The molecule has 0 aromatic heterocycles. The number of hydrogen-bond acceptors (Lipinski definition) is 4. The Morgan fingerprint density at radius 2 is 2.28 bits per heavy atom. The smallest absolute Gasteiger partial charge is 0.216 e. The van der Waals surface area contributed by atoms with Crippen LogP contribution in [0.1, 0.15) is 18.5 Å². The Morgan fingerprint density at radius 3 is 2.89 bits per heavy atom. The Kier molecular flexibility index (Phi) is 5.68. The highest BCUT2D eigenvalue weighted by Crippen LogP contribution is 2.18. The minimum Gasteiger partial charge on any atom is -0.497 e. The van der Waals surface area contributed by atoms with Crippen molar-refractivity contribution >= 4 is 5.91 Å². The van der Waals surface area contributed by atoms with E-state index >= 15 is 0 Å². The molecule has 0 radical (unpaired) electrons. The molecule has 0 aliphatic rings. The Labute approximate surface area is 107 Å². The van der Waals surface area contributed by atoms with Crippen molar-refractivity contribution in [1.29, 1.82) is 5.26 Å². The molecule has 2 N–H and O–H groups in total. The van der Waals surface area contributed by atoms with Gasteiger partial charge in [0, 0.05) is 20.0 Å². The van der Waals surface area contributed by atoms with Crippen LogP contribution in [0.4, 0.5) is 0 Å². The van der Waals surface area contributed by atoms with Crippen LogP contribution in [0.25, 0.3) is 0 Å². The zero-order valence-corrected chi connectivity index (χ0v) is 10.6. The van der Waals surface area contributed by atoms with Gasteiger partial charge >= 0.3 is 0 Å². The standard InChI is InChI=1S/C13H17N3O2/c1-10(17)15-6-7-16-13(9-14)11-4-3-5-12(8-11)18-2/h3-5,8,13,16H,6-7H2,1-2H3,(H,15,17). The summed E-state index contributed by atoms with van der Waals surface area (Å²) in [6.07, 6.45) is 0. The van der Waals surface area contributed by atoms with Gasteiger partial charge in [-0.15, -0.1) is 0 Å². The van der Waals surface area contributed by atoms with Crippen LogP contribution in [0.2, 0.25) is 0 Å². The van der Waals surface area contributed by atoms with Crippen molar-refractivity contribution in [3.63, 3.8) is 0 Å². The van der Waals surface area contributed by atoms with Crippen molar-refractivity contribution < 1.29 is 9.53 Å². The van der Waals surface area contributed by atoms with E-state index in [1.165, 1.54) is 6.92 Å². The van der Waals surface area contributed by atoms with Crippen molar-refractivity contribution in [2.45, 2.75) is 13.0 Å². The maximum absolute atomic E-state index is 10.7. The number of benzene rings is 1. The lowest BCUT2D eigenvalue weighted by atomic mass is 10.1. The molecule has 0 fully saturated rings. The second-order valence-electron chi connectivity index (χ2n) is 3.78. The first-order valence-corrected chi connectivity index (χ1v) is 5.68. The normalized spacial score (nSPS) is 11.4. The van der Waals surface area contributed by atoms with E-state index in [2.05, 4.69) is 16.7 Å². The molecule has 5 heteroatoms. The van der Waals surface area contributed by atoms with E-state index in [1.54, 1.807) is 7.11 Å². The third kappa shape index (κ3) is 4.44. The first kappa shape index (κ1) is 14.0. The van der Waals surface area contributed by atoms with Gasteiger partial charge in [0.2, 0.25) is 5.91 Å². The summed E-state index contributed by atoms with van der Waals surface area (Å²) < 4.78 is 5.11. The van der Waals surface area contributed by atoms with Gasteiger partial charge < -0.3 is 10.1 Å². The van der Waals surface area contributed by atoms with E-state index in [9.17, 15) is 4.79 Å². The first-order valence-electron chi connectivity index (χ1n) is 5.68. The molecular weight excluding hydrogens is 230 g/mol. The van der Waals surface area contributed by atoms with Crippen LogP contribution in [0.3, 0.4) is 0 Å². The average Bonchev–Trinajstić information content (AvgIpc) is 2.38. The van der Waals surface area contributed by atoms with Gasteiger partial charge in [-0.1, -0.05) is 12.1 Å². The minimum absolute atomic E-state index is 0.0771. The number of rotatable bonds is 6. The summed E-state index contributed by atoms with van der Waals surface area (Å²) in [6.45, 7) is 2.50. The number of ether oxygens (including phenoxy) is 1. The number of methoxy groups -OCH3 is 1. The fraction of sp³-hybridized carbons (Fsp3) is 0.385. The number of carbonyl (C=O) groups is 1. The second-order valence-corrected chi connectivity index (χ2v) is 3.78. The van der Waals surface area contributed by atoms with Gasteiger partial charge in [-0.3, -0.25) is 10.1 Å². The number of nitriles is 1. The molecule has 1 rings (SSSR count). The Morgan fingerprint density at radius 1 is 1.50 bits per heavy atom. The van der Waals surface area contributed by atoms with Crippen LogP contribution in [0.5, 0.6) is 5.75 Å². The van der Waals surface area contributed by atoms with Crippen LogP contribution in [-0.4, -0.2) is 26.1 Å². The van der Waals surface area contributed by atoms with Crippen LogP contribution >= 0.6 is 0 Å². The largest absolute Gasteiger partial charge is 0.497 e. The predicted molar refractivity (Wildman–Crippen MR) is 68.0 cm³/mol. The van der Waals surface area contributed by atoms with Crippen molar-refractivity contribution in [1.82, 2.24) is 10.6 Å². The van der Waals surface area contributed by atoms with Crippen molar-refractivity contribution in [2.24, 2.45) is 0 Å². The average molecular weight is 247 g/mol. The summed E-state index contributed by atoms with van der Waals surface area (Å²) in [6, 6.07) is 9.12. The zero-order chi connectivity index (χ0) is 13.4. The number of amides is 1. The van der Waals surface area contributed by atoms with Gasteiger partial charge in [-0.25, -0.2) is 0 Å². The lowest BCUT2D eigenvalue weighted by molar-refractivity contribution is -0.118. The van der Waals surface area contributed by atoms with Gasteiger partial charge in [0.1, 0.15) is 11.8 Å². The number of nitrogens with zero attached hydrogens (tertiary/aromatic N) is 1. The molecule has 1 aromatic rings. The zero-order valence-electron chi connectivity index (χ0n) is 10.6. The van der Waals surface area contributed by atoms with Gasteiger partial charge in [-0.2, -0.15) is 5.26 Å². The van der Waals surface area contributed by atoms with Gasteiger partial charge in [0.15, 0.2) is 0 Å². The van der Waals surface area contributed by atoms with E-state index in [0.717, 1.165) is 11.3 Å². The van der Waals surface area contributed by atoms with Crippen LogP contribution in [0, 0.1) is 11.3 Å². The fourth-order valence-corrected chi connectivity index (χ4v) is 1.51. The summed E-state index contributed by atoms with van der Waals surface area (Å²) in [5.41, 5.74) is 0.847. The van der Waals surface area contributed by atoms with E-state index in [0.29, 0.717) is 13.1 Å². The minimum atomic E-state index is -0.408. The Bertz CT molecular complexity index is 440. The molecular formula is C13H17N3O2. The molecule has 0 saturated heterocycles. The Balaban J connectivity index is 2.55. The van der Waals surface area contributed by atoms with E-state index < -0.39 is 6.04 Å². The van der Waals surface area contributed by atoms with E-state index in [-0.39, 0.29) is 5.91 Å². The molecule has 0 spiro atoms. The number of nitrogens with one attached hydrogen (secondary N) is 2.